The van der Waals surface area contributed by atoms with Crippen molar-refractivity contribution in [3.8, 4) is 5.75 Å². The molecule has 0 saturated carbocycles. The van der Waals surface area contributed by atoms with Gasteiger partial charge in [-0.3, -0.25) is 4.79 Å². The first-order valence-electron chi connectivity index (χ1n) is 7.81. The molecule has 8 heteroatoms. The molecule has 2 aromatic carbocycles. The van der Waals surface area contributed by atoms with E-state index in [1.807, 2.05) is 0 Å². The molecule has 1 amide bonds. The number of rotatable bonds is 5. The maximum absolute atomic E-state index is 13.2. The Morgan fingerprint density at radius 1 is 1.12 bits per heavy atom. The molecule has 0 radical (unpaired) electrons. The van der Waals surface area contributed by atoms with Crippen molar-refractivity contribution in [2.24, 2.45) is 0 Å². The summed E-state index contributed by atoms with van der Waals surface area (Å²) in [4.78, 5) is 12.2. The van der Waals surface area contributed by atoms with Gasteiger partial charge in [-0.1, -0.05) is 6.07 Å². The largest absolute Gasteiger partial charge is 0.495 e. The van der Waals surface area contributed by atoms with Gasteiger partial charge in [-0.25, -0.2) is 17.5 Å². The van der Waals surface area contributed by atoms with E-state index < -0.39 is 27.3 Å². The first kappa shape index (κ1) is 19.9. The molecule has 0 bridgehead atoms. The molecule has 6 nitrogen and oxygen atoms in total. The number of methoxy groups -OCH3 is 1. The predicted molar refractivity (Wildman–Crippen MR) is 97.4 cm³/mol. The average molecular weight is 380 g/mol. The Bertz CT molecular complexity index is 921. The molecule has 0 fully saturated rings. The summed E-state index contributed by atoms with van der Waals surface area (Å²) in [6.07, 6.45) is 0. The topological polar surface area (TPSA) is 84.5 Å². The van der Waals surface area contributed by atoms with Crippen LogP contribution in [0.1, 0.15) is 31.1 Å². The Labute approximate surface area is 152 Å². The highest BCUT2D eigenvalue weighted by atomic mass is 32.2. The lowest BCUT2D eigenvalue weighted by molar-refractivity contribution is 0.102. The van der Waals surface area contributed by atoms with Crippen molar-refractivity contribution in [2.45, 2.75) is 31.2 Å². The number of anilines is 1. The first-order valence-corrected chi connectivity index (χ1v) is 9.29. The van der Waals surface area contributed by atoms with E-state index in [1.54, 1.807) is 20.8 Å². The van der Waals surface area contributed by atoms with Crippen molar-refractivity contribution < 1.29 is 22.3 Å². The van der Waals surface area contributed by atoms with Crippen LogP contribution in [0.15, 0.2) is 47.4 Å². The number of sulfonamides is 1. The van der Waals surface area contributed by atoms with Crippen LogP contribution in [0.25, 0.3) is 0 Å². The normalized spacial score (nSPS) is 11.9. The van der Waals surface area contributed by atoms with E-state index in [2.05, 4.69) is 10.0 Å². The summed E-state index contributed by atoms with van der Waals surface area (Å²) in [7, 11) is -2.57. The van der Waals surface area contributed by atoms with Gasteiger partial charge in [-0.2, -0.15) is 0 Å². The van der Waals surface area contributed by atoms with E-state index in [9.17, 15) is 17.6 Å². The Morgan fingerprint density at radius 2 is 1.81 bits per heavy atom. The highest BCUT2D eigenvalue weighted by molar-refractivity contribution is 7.89. The second-order valence-electron chi connectivity index (χ2n) is 6.69. The molecule has 0 aliphatic heterocycles. The zero-order valence-corrected chi connectivity index (χ0v) is 15.8. The van der Waals surface area contributed by atoms with Crippen LogP contribution in [0.5, 0.6) is 5.75 Å². The van der Waals surface area contributed by atoms with E-state index in [0.717, 1.165) is 0 Å². The lowest BCUT2D eigenvalue weighted by Gasteiger charge is -2.21. The number of carbonyl (C=O) groups excluding carboxylic acids is 1. The number of hydrogen-bond acceptors (Lipinski definition) is 4. The molecule has 2 aromatic rings. The Balaban J connectivity index is 2.38. The summed E-state index contributed by atoms with van der Waals surface area (Å²) in [6, 6.07) is 9.47. The molecule has 140 valence electrons. The Hall–Kier alpha value is -2.45. The van der Waals surface area contributed by atoms with E-state index >= 15 is 0 Å². The molecule has 0 spiro atoms. The molecule has 2 rings (SSSR count). The minimum atomic E-state index is -3.91. The highest BCUT2D eigenvalue weighted by Gasteiger charge is 2.26. The maximum Gasteiger partial charge on any atom is 0.255 e. The van der Waals surface area contributed by atoms with Crippen molar-refractivity contribution >= 4 is 21.6 Å². The van der Waals surface area contributed by atoms with Crippen molar-refractivity contribution in [1.29, 1.82) is 0 Å². The number of halogens is 1. The van der Waals surface area contributed by atoms with Gasteiger partial charge in [0, 0.05) is 16.8 Å². The van der Waals surface area contributed by atoms with Gasteiger partial charge in [0.15, 0.2) is 0 Å². The van der Waals surface area contributed by atoms with Crippen LogP contribution in [0.2, 0.25) is 0 Å². The standard InChI is InChI=1S/C18H21FN2O4S/c1-18(2,3)21-26(23,24)16-10-12(8-9-15(16)25-4)17(22)20-14-7-5-6-13(19)11-14/h5-11,21H,1-4H3,(H,20,22). The number of amides is 1. The number of ether oxygens (including phenoxy) is 1. The fraction of sp³-hybridized carbons (Fsp3) is 0.278. The van der Waals surface area contributed by atoms with Gasteiger partial charge in [0.25, 0.3) is 5.91 Å². The Kier molecular flexibility index (Phi) is 5.68. The van der Waals surface area contributed by atoms with Crippen LogP contribution in [-0.4, -0.2) is 27.0 Å². The van der Waals surface area contributed by atoms with Crippen LogP contribution in [0.3, 0.4) is 0 Å². The van der Waals surface area contributed by atoms with Crippen molar-refractivity contribution in [3.05, 3.63) is 53.8 Å². The monoisotopic (exact) mass is 380 g/mol. The van der Waals surface area contributed by atoms with Crippen LogP contribution >= 0.6 is 0 Å². The second-order valence-corrected chi connectivity index (χ2v) is 8.34. The summed E-state index contributed by atoms with van der Waals surface area (Å²) in [5, 5.41) is 2.53. The molecule has 0 heterocycles. The molecule has 0 unspecified atom stereocenters. The number of nitrogens with one attached hydrogen (secondary N) is 2. The van der Waals surface area contributed by atoms with Gasteiger partial charge in [0.05, 0.1) is 7.11 Å². The average Bonchev–Trinajstić information content (AvgIpc) is 2.52. The van der Waals surface area contributed by atoms with Crippen molar-refractivity contribution in [3.63, 3.8) is 0 Å². The van der Waals surface area contributed by atoms with Gasteiger partial charge in [0.1, 0.15) is 16.5 Å². The molecule has 0 saturated heterocycles. The predicted octanol–water partition coefficient (Wildman–Crippen LogP) is 3.16. The fourth-order valence-electron chi connectivity index (χ4n) is 2.26. The van der Waals surface area contributed by atoms with E-state index in [0.29, 0.717) is 0 Å². The third-order valence-electron chi connectivity index (χ3n) is 3.24. The van der Waals surface area contributed by atoms with Gasteiger partial charge in [-0.05, 0) is 57.2 Å². The van der Waals surface area contributed by atoms with Crippen LogP contribution in [0.4, 0.5) is 10.1 Å². The molecular weight excluding hydrogens is 359 g/mol. The zero-order valence-electron chi connectivity index (χ0n) is 15.0. The van der Waals surface area contributed by atoms with Gasteiger partial charge >= 0.3 is 0 Å². The summed E-state index contributed by atoms with van der Waals surface area (Å²) in [6.45, 7) is 5.12. The molecule has 0 atom stereocenters. The molecule has 0 aliphatic carbocycles. The molecule has 0 aliphatic rings. The van der Waals surface area contributed by atoms with E-state index in [1.165, 1.54) is 49.6 Å². The second kappa shape index (κ2) is 7.43. The lowest BCUT2D eigenvalue weighted by Crippen LogP contribution is -2.40. The van der Waals surface area contributed by atoms with Gasteiger partial charge in [0.2, 0.25) is 10.0 Å². The third-order valence-corrected chi connectivity index (χ3v) is 5.02. The summed E-state index contributed by atoms with van der Waals surface area (Å²) >= 11 is 0. The van der Waals surface area contributed by atoms with Crippen molar-refractivity contribution in [1.82, 2.24) is 4.72 Å². The van der Waals surface area contributed by atoms with Crippen LogP contribution < -0.4 is 14.8 Å². The summed E-state index contributed by atoms with van der Waals surface area (Å²) in [5.74, 6) is -0.940. The number of carbonyl (C=O) groups is 1. The van der Waals surface area contributed by atoms with Crippen LogP contribution in [-0.2, 0) is 10.0 Å². The maximum atomic E-state index is 13.2. The molecule has 26 heavy (non-hydrogen) atoms. The quantitative estimate of drug-likeness (QED) is 0.834. The minimum Gasteiger partial charge on any atom is -0.495 e. The van der Waals surface area contributed by atoms with E-state index in [4.69, 9.17) is 4.74 Å². The van der Waals surface area contributed by atoms with Crippen molar-refractivity contribution in [2.75, 3.05) is 12.4 Å². The summed E-state index contributed by atoms with van der Waals surface area (Å²) in [5.41, 5.74) is -0.337. The SMILES string of the molecule is COc1ccc(C(=O)Nc2cccc(F)c2)cc1S(=O)(=O)NC(C)(C)C. The van der Waals surface area contributed by atoms with Gasteiger partial charge in [-0.15, -0.1) is 0 Å². The zero-order chi connectivity index (χ0) is 19.5. The minimum absolute atomic E-state index is 0.101. The smallest absolute Gasteiger partial charge is 0.255 e. The highest BCUT2D eigenvalue weighted by Crippen LogP contribution is 2.26. The number of benzene rings is 2. The third kappa shape index (κ3) is 5.03. The lowest BCUT2D eigenvalue weighted by atomic mass is 10.1. The first-order chi connectivity index (χ1) is 12.0. The van der Waals surface area contributed by atoms with Crippen LogP contribution in [0, 0.1) is 5.82 Å². The fourth-order valence-corrected chi connectivity index (χ4v) is 3.87. The van der Waals surface area contributed by atoms with Gasteiger partial charge < -0.3 is 10.1 Å². The molecule has 2 N–H and O–H groups in total. The number of hydrogen-bond donors (Lipinski definition) is 2. The Morgan fingerprint density at radius 3 is 2.38 bits per heavy atom. The molecular formula is C18H21FN2O4S. The summed E-state index contributed by atoms with van der Waals surface area (Å²) < 4.78 is 46.1. The molecule has 0 aromatic heterocycles. The van der Waals surface area contributed by atoms with E-state index in [-0.39, 0.29) is 21.9 Å².